The van der Waals surface area contributed by atoms with E-state index >= 15 is 0 Å². The number of piperidine rings is 3. The Hall–Kier alpha value is -0.830. The monoisotopic (exact) mass is 624 g/mol. The number of thioether (sulfide) groups is 1. The molecule has 13 atom stereocenters. The van der Waals surface area contributed by atoms with Gasteiger partial charge in [0, 0.05) is 50.6 Å². The number of carbonyl (C=O) groups is 2. The third-order valence-corrected chi connectivity index (χ3v) is 11.7. The van der Waals surface area contributed by atoms with Gasteiger partial charge in [0.25, 0.3) is 0 Å². The van der Waals surface area contributed by atoms with Gasteiger partial charge in [-0.3, -0.25) is 20.2 Å². The fourth-order valence-corrected chi connectivity index (χ4v) is 9.63. The highest BCUT2D eigenvalue weighted by molar-refractivity contribution is 8.00. The molecule has 0 bridgehead atoms. The van der Waals surface area contributed by atoms with Gasteiger partial charge in [0.15, 0.2) is 0 Å². The third-order valence-electron chi connectivity index (χ3n) is 10.1. The number of hydrogen-bond donors (Lipinski definition) is 5. The second-order valence-corrected chi connectivity index (χ2v) is 14.6. The van der Waals surface area contributed by atoms with Gasteiger partial charge in [-0.1, -0.05) is 13.8 Å². The van der Waals surface area contributed by atoms with Gasteiger partial charge < -0.3 is 25.6 Å². The van der Waals surface area contributed by atoms with E-state index in [1.165, 1.54) is 6.92 Å². The predicted molar refractivity (Wildman–Crippen MR) is 152 cm³/mol. The van der Waals surface area contributed by atoms with Gasteiger partial charge in [0.1, 0.15) is 5.50 Å². The van der Waals surface area contributed by atoms with Gasteiger partial charge in [-0.15, -0.1) is 23.4 Å². The van der Waals surface area contributed by atoms with E-state index in [-0.39, 0.29) is 64.5 Å². The zero-order valence-electron chi connectivity index (χ0n) is 24.0. The van der Waals surface area contributed by atoms with Crippen LogP contribution >= 0.6 is 23.4 Å². The zero-order valence-corrected chi connectivity index (χ0v) is 25.6. The van der Waals surface area contributed by atoms with E-state index < -0.39 is 30.0 Å². The number of fused-ring (bicyclic) bond motifs is 1. The van der Waals surface area contributed by atoms with Crippen LogP contribution in [0, 0.1) is 35.5 Å². The number of carbonyl (C=O) groups excluding carboxylic acids is 2. The van der Waals surface area contributed by atoms with Gasteiger partial charge >= 0.3 is 6.18 Å². The Balaban J connectivity index is 1.17. The van der Waals surface area contributed by atoms with Crippen LogP contribution in [0.3, 0.4) is 0 Å². The Labute approximate surface area is 249 Å². The standard InChI is InChI=1S/C27H44ClF3N6O3S/c1-12-7-34-23(14(3)22(12)27(29,30)31)25(39)37-10-18-20(11-37)41-26(35-18)36-24(38)17-8-32-13(2)5-15(17)16-6-21(28)33-9-19(16)40-4/h12-23,26,32-35H,5-11H2,1-4H3,(H,36,38). The van der Waals surface area contributed by atoms with Crippen molar-refractivity contribution in [3.63, 3.8) is 0 Å². The molecule has 5 saturated heterocycles. The molecule has 0 aromatic carbocycles. The number of nitrogens with zero attached hydrogens (tertiary/aromatic N) is 1. The molecule has 5 aliphatic heterocycles. The number of amides is 2. The third kappa shape index (κ3) is 6.66. The number of hydrogen-bond acceptors (Lipinski definition) is 8. The van der Waals surface area contributed by atoms with E-state index in [0.717, 1.165) is 12.8 Å². The normalized spacial score (nSPS) is 45.4. The molecule has 13 unspecified atom stereocenters. The van der Waals surface area contributed by atoms with Crippen LogP contribution in [-0.2, 0) is 14.3 Å². The van der Waals surface area contributed by atoms with Crippen molar-refractivity contribution in [1.29, 1.82) is 0 Å². The van der Waals surface area contributed by atoms with Crippen molar-refractivity contribution in [3.05, 3.63) is 0 Å². The summed E-state index contributed by atoms with van der Waals surface area (Å²) >= 11 is 8.03. The van der Waals surface area contributed by atoms with Crippen molar-refractivity contribution in [2.45, 2.75) is 80.3 Å². The summed E-state index contributed by atoms with van der Waals surface area (Å²) in [5.41, 5.74) is -0.434. The summed E-state index contributed by atoms with van der Waals surface area (Å²) in [6, 6.07) is -0.595. The molecule has 0 aromatic heterocycles. The Morgan fingerprint density at radius 2 is 1.78 bits per heavy atom. The molecule has 5 N–H and O–H groups in total. The maximum absolute atomic E-state index is 13.7. The molecule has 0 spiro atoms. The van der Waals surface area contributed by atoms with E-state index in [0.29, 0.717) is 32.2 Å². The lowest BCUT2D eigenvalue weighted by atomic mass is 9.70. The molecule has 0 saturated carbocycles. The summed E-state index contributed by atoms with van der Waals surface area (Å²) in [5.74, 6) is -3.14. The van der Waals surface area contributed by atoms with Gasteiger partial charge in [0.05, 0.1) is 29.5 Å². The molecule has 9 nitrogen and oxygen atoms in total. The molecule has 5 rings (SSSR count). The topological polar surface area (TPSA) is 107 Å². The smallest absolute Gasteiger partial charge is 0.380 e. The molecule has 5 aliphatic rings. The van der Waals surface area contributed by atoms with Crippen molar-refractivity contribution >= 4 is 35.2 Å². The average Bonchev–Trinajstić information content (AvgIpc) is 3.46. The van der Waals surface area contributed by atoms with Crippen LogP contribution in [0.15, 0.2) is 0 Å². The number of halogens is 4. The zero-order chi connectivity index (χ0) is 29.6. The first-order valence-electron chi connectivity index (χ1n) is 14.8. The number of methoxy groups -OCH3 is 1. The first kappa shape index (κ1) is 31.6. The summed E-state index contributed by atoms with van der Waals surface area (Å²) in [4.78, 5) is 28.6. The predicted octanol–water partition coefficient (Wildman–Crippen LogP) is 1.53. The van der Waals surface area contributed by atoms with E-state index in [4.69, 9.17) is 16.3 Å². The maximum atomic E-state index is 13.7. The fourth-order valence-electron chi connectivity index (χ4n) is 7.93. The largest absolute Gasteiger partial charge is 0.392 e. The minimum atomic E-state index is -4.33. The lowest BCUT2D eigenvalue weighted by molar-refractivity contribution is -0.210. The number of ether oxygens (including phenoxy) is 1. The Morgan fingerprint density at radius 1 is 1.02 bits per heavy atom. The summed E-state index contributed by atoms with van der Waals surface area (Å²) in [5, 5.41) is 16.5. The molecule has 5 heterocycles. The van der Waals surface area contributed by atoms with Crippen molar-refractivity contribution in [3.8, 4) is 0 Å². The summed E-state index contributed by atoms with van der Waals surface area (Å²) < 4.78 is 46.9. The highest BCUT2D eigenvalue weighted by Crippen LogP contribution is 2.42. The second kappa shape index (κ2) is 12.6. The van der Waals surface area contributed by atoms with E-state index in [1.54, 1.807) is 30.7 Å². The van der Waals surface area contributed by atoms with Crippen LogP contribution in [0.5, 0.6) is 0 Å². The van der Waals surface area contributed by atoms with Crippen LogP contribution < -0.4 is 26.6 Å². The second-order valence-electron chi connectivity index (χ2n) is 12.7. The lowest BCUT2D eigenvalue weighted by Gasteiger charge is -2.45. The van der Waals surface area contributed by atoms with Crippen LogP contribution in [0.1, 0.15) is 33.6 Å². The van der Waals surface area contributed by atoms with E-state index in [9.17, 15) is 22.8 Å². The van der Waals surface area contributed by atoms with Crippen LogP contribution in [0.2, 0.25) is 0 Å². The molecule has 234 valence electrons. The minimum Gasteiger partial charge on any atom is -0.380 e. The van der Waals surface area contributed by atoms with Gasteiger partial charge in [-0.05, 0) is 50.0 Å². The molecular weight excluding hydrogens is 581 g/mol. The number of rotatable bonds is 5. The maximum Gasteiger partial charge on any atom is 0.392 e. The number of nitrogens with one attached hydrogen (secondary N) is 5. The highest BCUT2D eigenvalue weighted by Gasteiger charge is 2.54. The molecule has 2 amide bonds. The number of alkyl halides is 4. The molecule has 41 heavy (non-hydrogen) atoms. The van der Waals surface area contributed by atoms with Gasteiger partial charge in [0.2, 0.25) is 11.8 Å². The van der Waals surface area contributed by atoms with Crippen molar-refractivity contribution in [2.75, 3.05) is 39.8 Å². The fraction of sp³-hybridized carbons (Fsp3) is 0.926. The molecule has 5 fully saturated rings. The lowest BCUT2D eigenvalue weighted by Crippen LogP contribution is -2.60. The van der Waals surface area contributed by atoms with Crippen LogP contribution in [0.4, 0.5) is 13.2 Å². The van der Waals surface area contributed by atoms with Crippen LogP contribution in [-0.4, -0.2) is 103 Å². The first-order valence-corrected chi connectivity index (χ1v) is 16.2. The van der Waals surface area contributed by atoms with Crippen molar-refractivity contribution in [2.24, 2.45) is 35.5 Å². The first-order chi connectivity index (χ1) is 19.4. The minimum absolute atomic E-state index is 0.00606. The molecule has 14 heteroatoms. The summed E-state index contributed by atoms with van der Waals surface area (Å²) in [7, 11) is 1.71. The van der Waals surface area contributed by atoms with Gasteiger partial charge in [-0.25, -0.2) is 0 Å². The van der Waals surface area contributed by atoms with Crippen LogP contribution in [0.25, 0.3) is 0 Å². The van der Waals surface area contributed by atoms with Crippen molar-refractivity contribution in [1.82, 2.24) is 31.5 Å². The van der Waals surface area contributed by atoms with E-state index in [1.807, 2.05) is 0 Å². The quantitative estimate of drug-likeness (QED) is 0.232. The Bertz CT molecular complexity index is 954. The molecular formula is C27H44ClF3N6O3S. The number of likely N-dealkylation sites (tertiary alicyclic amines) is 1. The Morgan fingerprint density at radius 3 is 2.46 bits per heavy atom. The average molecular weight is 625 g/mol. The SMILES string of the molecule is COC1CNC(Cl)CC1C1CC(C)NCC1C(=O)NC1NC2CN(C(=O)C3NCC(C)C(C(F)(F)F)C3C)CC2S1. The van der Waals surface area contributed by atoms with Gasteiger partial charge in [-0.2, -0.15) is 13.2 Å². The highest BCUT2D eigenvalue weighted by atomic mass is 35.5. The van der Waals surface area contributed by atoms with E-state index in [2.05, 4.69) is 33.5 Å². The molecule has 0 aliphatic carbocycles. The Kier molecular flexibility index (Phi) is 9.75. The summed E-state index contributed by atoms with van der Waals surface area (Å²) in [6.07, 6.45) is -2.74. The van der Waals surface area contributed by atoms with Crippen molar-refractivity contribution < 1.29 is 27.5 Å². The molecule has 0 aromatic rings. The summed E-state index contributed by atoms with van der Waals surface area (Å²) in [6.45, 7) is 7.51. The molecule has 0 radical (unpaired) electrons.